The van der Waals surface area contributed by atoms with Gasteiger partial charge in [0.2, 0.25) is 5.91 Å². The van der Waals surface area contributed by atoms with E-state index < -0.39 is 0 Å². The van der Waals surface area contributed by atoms with Crippen LogP contribution in [0.25, 0.3) is 16.8 Å². The first-order chi connectivity index (χ1) is 15.1. The van der Waals surface area contributed by atoms with Crippen LogP contribution >= 0.6 is 23.4 Å². The summed E-state index contributed by atoms with van der Waals surface area (Å²) in [6.07, 6.45) is 3.44. The highest BCUT2D eigenvalue weighted by molar-refractivity contribution is 8.00. The first-order valence-electron chi connectivity index (χ1n) is 9.32. The third-order valence-electron chi connectivity index (χ3n) is 4.47. The van der Waals surface area contributed by atoms with E-state index in [0.29, 0.717) is 27.2 Å². The largest absolute Gasteiger partial charge is 0.497 e. The number of fused-ring (bicyclic) bond motifs is 1. The lowest BCUT2D eigenvalue weighted by Gasteiger charge is -2.10. The summed E-state index contributed by atoms with van der Waals surface area (Å²) in [6.45, 7) is 0. The van der Waals surface area contributed by atoms with E-state index in [1.54, 1.807) is 49.3 Å². The van der Waals surface area contributed by atoms with E-state index in [9.17, 15) is 4.79 Å². The highest BCUT2D eigenvalue weighted by Crippen LogP contribution is 2.28. The highest BCUT2D eigenvalue weighted by atomic mass is 35.5. The molecule has 0 saturated heterocycles. The second-order valence-electron chi connectivity index (χ2n) is 6.54. The zero-order valence-corrected chi connectivity index (χ0v) is 18.4. The summed E-state index contributed by atoms with van der Waals surface area (Å²) < 4.78 is 12.2. The first kappa shape index (κ1) is 21.0. The smallest absolute Gasteiger partial charge is 0.234 e. The maximum atomic E-state index is 12.5. The van der Waals surface area contributed by atoms with Crippen molar-refractivity contribution in [2.45, 2.75) is 5.03 Å². The van der Waals surface area contributed by atoms with Crippen molar-refractivity contribution in [1.82, 2.24) is 14.6 Å². The molecule has 2 aromatic carbocycles. The number of rotatable bonds is 7. The summed E-state index contributed by atoms with van der Waals surface area (Å²) in [5, 5.41) is 8.85. The lowest BCUT2D eigenvalue weighted by atomic mass is 10.1. The average molecular weight is 455 g/mol. The fourth-order valence-corrected chi connectivity index (χ4v) is 3.88. The molecule has 0 aliphatic carbocycles. The molecule has 0 radical (unpaired) electrons. The highest BCUT2D eigenvalue weighted by Gasteiger charge is 2.12. The van der Waals surface area contributed by atoms with Gasteiger partial charge in [-0.3, -0.25) is 4.79 Å². The minimum Gasteiger partial charge on any atom is -0.497 e. The summed E-state index contributed by atoms with van der Waals surface area (Å²) in [7, 11) is 3.12. The molecule has 0 unspecified atom stereocenters. The minimum absolute atomic E-state index is 0.165. The Morgan fingerprint density at radius 1 is 1.10 bits per heavy atom. The fourth-order valence-electron chi connectivity index (χ4n) is 2.98. The molecule has 0 spiro atoms. The van der Waals surface area contributed by atoms with Crippen molar-refractivity contribution >= 4 is 40.5 Å². The lowest BCUT2D eigenvalue weighted by Crippen LogP contribution is -2.14. The van der Waals surface area contributed by atoms with E-state index in [1.807, 2.05) is 30.3 Å². The summed E-state index contributed by atoms with van der Waals surface area (Å²) >= 11 is 7.32. The third-order valence-corrected chi connectivity index (χ3v) is 5.72. The number of nitrogens with one attached hydrogen (secondary N) is 1. The molecule has 1 amide bonds. The number of aromatic nitrogens is 3. The number of thioether (sulfide) groups is 1. The summed E-state index contributed by atoms with van der Waals surface area (Å²) in [4.78, 5) is 16.9. The van der Waals surface area contributed by atoms with Crippen LogP contribution in [0.15, 0.2) is 66.0 Å². The van der Waals surface area contributed by atoms with E-state index in [4.69, 9.17) is 21.1 Å². The number of hydrogen-bond donors (Lipinski definition) is 1. The zero-order valence-electron chi connectivity index (χ0n) is 16.8. The van der Waals surface area contributed by atoms with E-state index in [2.05, 4.69) is 15.4 Å². The maximum Gasteiger partial charge on any atom is 0.234 e. The maximum absolute atomic E-state index is 12.5. The number of anilines is 1. The number of carbonyl (C=O) groups is 1. The van der Waals surface area contributed by atoms with Gasteiger partial charge in [-0.05, 0) is 18.2 Å². The second kappa shape index (κ2) is 9.28. The Morgan fingerprint density at radius 2 is 1.81 bits per heavy atom. The molecule has 0 bridgehead atoms. The molecule has 0 aliphatic rings. The van der Waals surface area contributed by atoms with Gasteiger partial charge in [-0.2, -0.15) is 5.10 Å². The Kier molecular flexibility index (Phi) is 6.29. The Bertz CT molecular complexity index is 1210. The van der Waals surface area contributed by atoms with Crippen LogP contribution in [0.3, 0.4) is 0 Å². The van der Waals surface area contributed by atoms with Crippen LogP contribution in [0, 0.1) is 0 Å². The average Bonchev–Trinajstić information content (AvgIpc) is 3.22. The van der Waals surface area contributed by atoms with Gasteiger partial charge in [0.05, 0.1) is 31.2 Å². The SMILES string of the molecule is COc1cc(NC(=O)CSc2nccn3nc(-c4ccc(Cl)cc4)cc23)cc(OC)c1. The standard InChI is InChI=1S/C22H19ClN4O3S/c1-29-17-9-16(10-18(11-17)30-2)25-21(28)13-31-22-20-12-19(26-27(20)8-7-24-22)14-3-5-15(23)6-4-14/h3-12H,13H2,1-2H3,(H,25,28). The number of halogens is 1. The van der Waals surface area contributed by atoms with Gasteiger partial charge >= 0.3 is 0 Å². The quantitative estimate of drug-likeness (QED) is 0.404. The van der Waals surface area contributed by atoms with Crippen molar-refractivity contribution in [1.29, 1.82) is 0 Å². The molecule has 0 atom stereocenters. The van der Waals surface area contributed by atoms with Gasteiger partial charge in [0, 0.05) is 46.9 Å². The monoisotopic (exact) mass is 454 g/mol. The van der Waals surface area contributed by atoms with Gasteiger partial charge in [0.25, 0.3) is 0 Å². The lowest BCUT2D eigenvalue weighted by molar-refractivity contribution is -0.113. The van der Waals surface area contributed by atoms with Crippen LogP contribution in [0.4, 0.5) is 5.69 Å². The van der Waals surface area contributed by atoms with Crippen LogP contribution in [-0.4, -0.2) is 40.5 Å². The molecule has 31 heavy (non-hydrogen) atoms. The molecule has 0 fully saturated rings. The molecule has 0 aliphatic heterocycles. The minimum atomic E-state index is -0.165. The van der Waals surface area contributed by atoms with Crippen LogP contribution in [0.5, 0.6) is 11.5 Å². The summed E-state index contributed by atoms with van der Waals surface area (Å²) in [6, 6.07) is 14.6. The third kappa shape index (κ3) is 4.92. The topological polar surface area (TPSA) is 77.8 Å². The van der Waals surface area contributed by atoms with Crippen LogP contribution in [0.1, 0.15) is 0 Å². The van der Waals surface area contributed by atoms with Gasteiger partial charge in [0.1, 0.15) is 16.5 Å². The molecule has 1 N–H and O–H groups in total. The Morgan fingerprint density at radius 3 is 2.48 bits per heavy atom. The van der Waals surface area contributed by atoms with E-state index in [-0.39, 0.29) is 11.7 Å². The Balaban J connectivity index is 1.49. The molecular weight excluding hydrogens is 436 g/mol. The van der Waals surface area contributed by atoms with E-state index >= 15 is 0 Å². The number of nitrogens with zero attached hydrogens (tertiary/aromatic N) is 3. The molecule has 2 heterocycles. The Labute approximate surface area is 188 Å². The zero-order chi connectivity index (χ0) is 21.8. The van der Waals surface area contributed by atoms with Crippen molar-refractivity contribution in [2.24, 2.45) is 0 Å². The molecule has 4 aromatic rings. The molecule has 7 nitrogen and oxygen atoms in total. The number of carbonyl (C=O) groups excluding carboxylic acids is 1. The van der Waals surface area contributed by atoms with Gasteiger partial charge < -0.3 is 14.8 Å². The van der Waals surface area contributed by atoms with Gasteiger partial charge in [0.15, 0.2) is 0 Å². The van der Waals surface area contributed by atoms with Crippen LogP contribution < -0.4 is 14.8 Å². The normalized spacial score (nSPS) is 10.8. The van der Waals surface area contributed by atoms with Gasteiger partial charge in [-0.25, -0.2) is 9.50 Å². The Hall–Kier alpha value is -3.23. The summed E-state index contributed by atoms with van der Waals surface area (Å²) in [5.41, 5.74) is 3.18. The predicted molar refractivity (Wildman–Crippen MR) is 122 cm³/mol. The van der Waals surface area contributed by atoms with Gasteiger partial charge in [-0.1, -0.05) is 35.5 Å². The van der Waals surface area contributed by atoms with Crippen molar-refractivity contribution in [3.8, 4) is 22.8 Å². The summed E-state index contributed by atoms with van der Waals surface area (Å²) in [5.74, 6) is 1.22. The first-order valence-corrected chi connectivity index (χ1v) is 10.7. The van der Waals surface area contributed by atoms with Crippen molar-refractivity contribution in [2.75, 3.05) is 25.3 Å². The molecule has 4 rings (SSSR count). The number of ether oxygens (including phenoxy) is 2. The predicted octanol–water partition coefficient (Wildman–Crippen LogP) is 4.80. The van der Waals surface area contributed by atoms with Crippen LogP contribution in [0.2, 0.25) is 5.02 Å². The van der Waals surface area contributed by atoms with Crippen molar-refractivity contribution in [3.05, 3.63) is 65.9 Å². The van der Waals surface area contributed by atoms with Crippen molar-refractivity contribution < 1.29 is 14.3 Å². The second-order valence-corrected chi connectivity index (χ2v) is 7.94. The number of benzene rings is 2. The molecule has 9 heteroatoms. The van der Waals surface area contributed by atoms with E-state index in [1.165, 1.54) is 11.8 Å². The molecule has 2 aromatic heterocycles. The van der Waals surface area contributed by atoms with E-state index in [0.717, 1.165) is 16.8 Å². The fraction of sp³-hybridized carbons (Fsp3) is 0.136. The molecular formula is C22H19ClN4O3S. The number of hydrogen-bond acceptors (Lipinski definition) is 6. The van der Waals surface area contributed by atoms with Crippen molar-refractivity contribution in [3.63, 3.8) is 0 Å². The number of amides is 1. The van der Waals surface area contributed by atoms with Crippen LogP contribution in [-0.2, 0) is 4.79 Å². The molecule has 0 saturated carbocycles. The number of methoxy groups -OCH3 is 2. The molecule has 158 valence electrons. The van der Waals surface area contributed by atoms with Gasteiger partial charge in [-0.15, -0.1) is 0 Å².